The minimum atomic E-state index is -3.08. The average molecular weight is 291 g/mol. The predicted octanol–water partition coefficient (Wildman–Crippen LogP) is 1.92. The van der Waals surface area contributed by atoms with Crippen LogP contribution in [-0.2, 0) is 16.3 Å². The first-order valence-electron chi connectivity index (χ1n) is 6.17. The zero-order valence-corrected chi connectivity index (χ0v) is 11.9. The Hall–Kier alpha value is -1.01. The zero-order chi connectivity index (χ0) is 14.5. The number of hydrogen-bond acceptors (Lipinski definition) is 3. The number of rotatable bonds is 7. The van der Waals surface area contributed by atoms with Crippen molar-refractivity contribution < 1.29 is 17.2 Å². The molecule has 0 saturated carbocycles. The molecule has 0 aliphatic carbocycles. The summed E-state index contributed by atoms with van der Waals surface area (Å²) in [6.45, 7) is 2.48. The van der Waals surface area contributed by atoms with Crippen molar-refractivity contribution in [1.29, 1.82) is 0 Å². The van der Waals surface area contributed by atoms with E-state index in [0.717, 1.165) is 6.26 Å². The van der Waals surface area contributed by atoms with E-state index in [4.69, 9.17) is 0 Å². The quantitative estimate of drug-likeness (QED) is 0.835. The van der Waals surface area contributed by atoms with E-state index in [1.807, 2.05) is 6.92 Å². The molecule has 0 heterocycles. The monoisotopic (exact) mass is 291 g/mol. The lowest BCUT2D eigenvalue weighted by Crippen LogP contribution is -2.33. The molecule has 1 rings (SSSR count). The molecular weight excluding hydrogens is 272 g/mol. The highest BCUT2D eigenvalue weighted by molar-refractivity contribution is 7.90. The number of hydrogen-bond donors (Lipinski definition) is 1. The van der Waals surface area contributed by atoms with Crippen LogP contribution in [0.15, 0.2) is 18.2 Å². The maximum atomic E-state index is 13.5. The highest BCUT2D eigenvalue weighted by Crippen LogP contribution is 2.15. The van der Waals surface area contributed by atoms with Crippen LogP contribution < -0.4 is 5.32 Å². The third-order valence-corrected chi connectivity index (χ3v) is 3.82. The van der Waals surface area contributed by atoms with Gasteiger partial charge in [0, 0.05) is 17.9 Å². The second kappa shape index (κ2) is 6.96. The Kier molecular flexibility index (Phi) is 5.87. The molecule has 0 spiro atoms. The molecule has 1 N–H and O–H groups in total. The lowest BCUT2D eigenvalue weighted by atomic mass is 10.0. The van der Waals surface area contributed by atoms with E-state index in [1.165, 1.54) is 18.2 Å². The first-order valence-corrected chi connectivity index (χ1v) is 8.23. The van der Waals surface area contributed by atoms with E-state index >= 15 is 0 Å². The molecule has 1 atom stereocenters. The van der Waals surface area contributed by atoms with Crippen LogP contribution in [0.2, 0.25) is 0 Å². The van der Waals surface area contributed by atoms with Gasteiger partial charge in [0.1, 0.15) is 21.5 Å². The minimum Gasteiger partial charge on any atom is -0.314 e. The van der Waals surface area contributed by atoms with E-state index in [1.54, 1.807) is 0 Å². The van der Waals surface area contributed by atoms with Gasteiger partial charge in [-0.3, -0.25) is 0 Å². The first kappa shape index (κ1) is 16.0. The molecule has 0 aromatic heterocycles. The molecule has 19 heavy (non-hydrogen) atoms. The van der Waals surface area contributed by atoms with Gasteiger partial charge in [0.25, 0.3) is 0 Å². The summed E-state index contributed by atoms with van der Waals surface area (Å²) in [5.74, 6) is -1.19. The molecule has 0 aliphatic heterocycles. The topological polar surface area (TPSA) is 46.2 Å². The molecule has 0 amide bonds. The normalized spacial score (nSPS) is 13.5. The number of nitrogens with one attached hydrogen (secondary N) is 1. The minimum absolute atomic E-state index is 0.000732. The Bertz CT molecular complexity index is 497. The molecule has 1 aromatic carbocycles. The van der Waals surface area contributed by atoms with E-state index in [9.17, 15) is 17.2 Å². The third kappa shape index (κ3) is 5.65. The van der Waals surface area contributed by atoms with Crippen LogP contribution >= 0.6 is 0 Å². The Morgan fingerprint density at radius 3 is 2.32 bits per heavy atom. The molecule has 0 bridgehead atoms. The van der Waals surface area contributed by atoms with Crippen LogP contribution in [0.5, 0.6) is 0 Å². The maximum Gasteiger partial charge on any atom is 0.147 e. The fourth-order valence-corrected chi connectivity index (χ4v) is 2.61. The summed E-state index contributed by atoms with van der Waals surface area (Å²) in [5, 5.41) is 3.06. The van der Waals surface area contributed by atoms with Crippen molar-refractivity contribution in [3.8, 4) is 0 Å². The van der Waals surface area contributed by atoms with Crippen LogP contribution in [0.3, 0.4) is 0 Å². The average Bonchev–Trinajstić information content (AvgIpc) is 2.30. The molecule has 3 nitrogen and oxygen atoms in total. The predicted molar refractivity (Wildman–Crippen MR) is 71.9 cm³/mol. The fraction of sp³-hybridized carbons (Fsp3) is 0.538. The van der Waals surface area contributed by atoms with Crippen molar-refractivity contribution in [2.24, 2.45) is 0 Å². The highest BCUT2D eigenvalue weighted by atomic mass is 32.2. The summed E-state index contributed by atoms with van der Waals surface area (Å²) in [6.07, 6.45) is 1.63. The molecule has 0 fully saturated rings. The third-order valence-electron chi connectivity index (χ3n) is 2.84. The van der Waals surface area contributed by atoms with Crippen LogP contribution in [0.4, 0.5) is 8.78 Å². The lowest BCUT2D eigenvalue weighted by Gasteiger charge is -2.18. The fourth-order valence-electron chi connectivity index (χ4n) is 1.90. The number of halogens is 2. The summed E-state index contributed by atoms with van der Waals surface area (Å²) in [5.41, 5.74) is 0.00181. The Labute approximate surface area is 112 Å². The van der Waals surface area contributed by atoms with Crippen LogP contribution in [-0.4, -0.2) is 33.0 Å². The van der Waals surface area contributed by atoms with Crippen LogP contribution in [0, 0.1) is 11.6 Å². The van der Waals surface area contributed by atoms with Crippen molar-refractivity contribution in [3.63, 3.8) is 0 Å². The van der Waals surface area contributed by atoms with Gasteiger partial charge in [0.2, 0.25) is 0 Å². The second-order valence-corrected chi connectivity index (χ2v) is 6.84. The summed E-state index contributed by atoms with van der Waals surface area (Å²) in [6, 6.07) is 3.47. The molecule has 0 saturated heterocycles. The van der Waals surface area contributed by atoms with E-state index in [0.29, 0.717) is 13.0 Å². The molecule has 6 heteroatoms. The molecule has 1 aromatic rings. The van der Waals surface area contributed by atoms with Gasteiger partial charge >= 0.3 is 0 Å². The SMILES string of the molecule is CCNC(CCS(C)(=O)=O)Cc1c(F)cccc1F. The molecular formula is C13H19F2NO2S. The number of likely N-dealkylation sites (N-methyl/N-ethyl adjacent to an activating group) is 1. The summed E-state index contributed by atoms with van der Waals surface area (Å²) >= 11 is 0. The van der Waals surface area contributed by atoms with Gasteiger partial charge in [-0.15, -0.1) is 0 Å². The summed E-state index contributed by atoms with van der Waals surface area (Å²) in [7, 11) is -3.08. The van der Waals surface area contributed by atoms with Gasteiger partial charge in [0.05, 0.1) is 5.75 Å². The van der Waals surface area contributed by atoms with Crippen molar-refractivity contribution in [3.05, 3.63) is 35.4 Å². The summed E-state index contributed by atoms with van der Waals surface area (Å²) < 4.78 is 49.4. The zero-order valence-electron chi connectivity index (χ0n) is 11.1. The van der Waals surface area contributed by atoms with E-state index < -0.39 is 21.5 Å². The van der Waals surface area contributed by atoms with E-state index in [2.05, 4.69) is 5.32 Å². The first-order chi connectivity index (χ1) is 8.83. The van der Waals surface area contributed by atoms with Gasteiger partial charge < -0.3 is 5.32 Å². The van der Waals surface area contributed by atoms with Crippen LogP contribution in [0.1, 0.15) is 18.9 Å². The Morgan fingerprint density at radius 2 is 1.84 bits per heavy atom. The van der Waals surface area contributed by atoms with Gasteiger partial charge in [-0.25, -0.2) is 17.2 Å². The van der Waals surface area contributed by atoms with Gasteiger partial charge in [0.15, 0.2) is 0 Å². The summed E-state index contributed by atoms with van der Waals surface area (Å²) in [4.78, 5) is 0. The smallest absolute Gasteiger partial charge is 0.147 e. The van der Waals surface area contributed by atoms with Gasteiger partial charge in [-0.2, -0.15) is 0 Å². The lowest BCUT2D eigenvalue weighted by molar-refractivity contribution is 0.475. The number of sulfone groups is 1. The Morgan fingerprint density at radius 1 is 1.26 bits per heavy atom. The van der Waals surface area contributed by atoms with E-state index in [-0.39, 0.29) is 23.8 Å². The van der Waals surface area contributed by atoms with Crippen molar-refractivity contribution in [1.82, 2.24) is 5.32 Å². The van der Waals surface area contributed by atoms with Crippen LogP contribution in [0.25, 0.3) is 0 Å². The van der Waals surface area contributed by atoms with Crippen molar-refractivity contribution in [2.75, 3.05) is 18.6 Å². The highest BCUT2D eigenvalue weighted by Gasteiger charge is 2.16. The standard InChI is InChI=1S/C13H19F2NO2S/c1-3-16-10(7-8-19(2,17)18)9-11-12(14)5-4-6-13(11)15/h4-6,10,16H,3,7-9H2,1-2H3. The van der Waals surface area contributed by atoms with Crippen molar-refractivity contribution >= 4 is 9.84 Å². The molecule has 0 radical (unpaired) electrons. The molecule has 1 unspecified atom stereocenters. The maximum absolute atomic E-state index is 13.5. The molecule has 0 aliphatic rings. The Balaban J connectivity index is 2.78. The second-order valence-electron chi connectivity index (χ2n) is 4.58. The van der Waals surface area contributed by atoms with Crippen molar-refractivity contribution in [2.45, 2.75) is 25.8 Å². The number of benzene rings is 1. The largest absolute Gasteiger partial charge is 0.314 e. The molecule has 108 valence electrons. The van der Waals surface area contributed by atoms with Gasteiger partial charge in [-0.05, 0) is 31.5 Å². The van der Waals surface area contributed by atoms with Gasteiger partial charge in [-0.1, -0.05) is 13.0 Å².